The van der Waals surface area contributed by atoms with Crippen LogP contribution in [0.4, 0.5) is 10.1 Å². The fourth-order valence-electron chi connectivity index (χ4n) is 2.11. The summed E-state index contributed by atoms with van der Waals surface area (Å²) in [6.45, 7) is 2.71. The standard InChI is InChI=1S/C15H14FNO/c1-10-2-4-11(5-3-10)15-9-17-13-8-12(16)6-7-14(13)18-15/h2-8,15,17H,9H2,1H3. The molecule has 1 heterocycles. The van der Waals surface area contributed by atoms with E-state index in [9.17, 15) is 4.39 Å². The van der Waals surface area contributed by atoms with E-state index in [1.807, 2.05) is 0 Å². The minimum absolute atomic E-state index is 0.0245. The Morgan fingerprint density at radius 3 is 2.72 bits per heavy atom. The molecule has 3 rings (SSSR count). The Hall–Kier alpha value is -2.03. The van der Waals surface area contributed by atoms with Gasteiger partial charge in [-0.1, -0.05) is 29.8 Å². The zero-order valence-electron chi connectivity index (χ0n) is 10.1. The molecule has 0 saturated carbocycles. The Kier molecular flexibility index (Phi) is 2.67. The number of halogens is 1. The van der Waals surface area contributed by atoms with Crippen molar-refractivity contribution in [2.75, 3.05) is 11.9 Å². The maximum absolute atomic E-state index is 13.1. The molecule has 0 aromatic heterocycles. The van der Waals surface area contributed by atoms with Crippen LogP contribution in [0.1, 0.15) is 17.2 Å². The molecule has 18 heavy (non-hydrogen) atoms. The van der Waals surface area contributed by atoms with Gasteiger partial charge < -0.3 is 10.1 Å². The minimum Gasteiger partial charge on any atom is -0.482 e. The predicted molar refractivity (Wildman–Crippen MR) is 69.4 cm³/mol. The highest BCUT2D eigenvalue weighted by atomic mass is 19.1. The van der Waals surface area contributed by atoms with Gasteiger partial charge in [0.25, 0.3) is 0 Å². The zero-order chi connectivity index (χ0) is 12.5. The highest BCUT2D eigenvalue weighted by Crippen LogP contribution is 2.34. The predicted octanol–water partition coefficient (Wildman–Crippen LogP) is 3.68. The van der Waals surface area contributed by atoms with Gasteiger partial charge in [0.05, 0.1) is 12.2 Å². The van der Waals surface area contributed by atoms with E-state index >= 15 is 0 Å². The van der Waals surface area contributed by atoms with Crippen molar-refractivity contribution in [3.05, 3.63) is 59.4 Å². The van der Waals surface area contributed by atoms with Gasteiger partial charge >= 0.3 is 0 Å². The number of fused-ring (bicyclic) bond motifs is 1. The molecule has 0 spiro atoms. The molecule has 2 aromatic carbocycles. The van der Waals surface area contributed by atoms with Gasteiger partial charge in [0.2, 0.25) is 0 Å². The molecule has 2 nitrogen and oxygen atoms in total. The third-order valence-electron chi connectivity index (χ3n) is 3.14. The molecule has 0 aliphatic carbocycles. The van der Waals surface area contributed by atoms with Crippen LogP contribution in [0.15, 0.2) is 42.5 Å². The Bertz CT molecular complexity index is 565. The van der Waals surface area contributed by atoms with E-state index < -0.39 is 0 Å². The van der Waals surface area contributed by atoms with Crippen LogP contribution in [0.25, 0.3) is 0 Å². The van der Waals surface area contributed by atoms with Crippen LogP contribution in [-0.2, 0) is 0 Å². The molecule has 2 aromatic rings. The third-order valence-corrected chi connectivity index (χ3v) is 3.14. The highest BCUT2D eigenvalue weighted by Gasteiger charge is 2.20. The minimum atomic E-state index is -0.251. The molecular weight excluding hydrogens is 229 g/mol. The number of hydrogen-bond donors (Lipinski definition) is 1. The molecule has 0 amide bonds. The second-order valence-electron chi connectivity index (χ2n) is 4.54. The number of hydrogen-bond acceptors (Lipinski definition) is 2. The van der Waals surface area contributed by atoms with Crippen LogP contribution in [0.2, 0.25) is 0 Å². The second-order valence-corrected chi connectivity index (χ2v) is 4.54. The van der Waals surface area contributed by atoms with E-state index in [0.29, 0.717) is 12.3 Å². The van der Waals surface area contributed by atoms with Crippen molar-refractivity contribution in [1.82, 2.24) is 0 Å². The van der Waals surface area contributed by atoms with Gasteiger partial charge in [0, 0.05) is 6.07 Å². The molecule has 0 fully saturated rings. The van der Waals surface area contributed by atoms with Crippen LogP contribution in [0.3, 0.4) is 0 Å². The molecule has 0 saturated heterocycles. The average Bonchev–Trinajstić information content (AvgIpc) is 2.39. The number of anilines is 1. The van der Waals surface area contributed by atoms with E-state index in [-0.39, 0.29) is 11.9 Å². The Balaban J connectivity index is 1.86. The molecule has 3 heteroatoms. The topological polar surface area (TPSA) is 21.3 Å². The van der Waals surface area contributed by atoms with Gasteiger partial charge in [-0.15, -0.1) is 0 Å². The summed E-state index contributed by atoms with van der Waals surface area (Å²) in [7, 11) is 0. The van der Waals surface area contributed by atoms with Gasteiger partial charge in [-0.2, -0.15) is 0 Å². The summed E-state index contributed by atoms with van der Waals surface area (Å²) >= 11 is 0. The third kappa shape index (κ3) is 2.04. The average molecular weight is 243 g/mol. The van der Waals surface area contributed by atoms with Gasteiger partial charge in [-0.3, -0.25) is 0 Å². The monoisotopic (exact) mass is 243 g/mol. The number of benzene rings is 2. The van der Waals surface area contributed by atoms with Crippen LogP contribution in [-0.4, -0.2) is 6.54 Å². The molecule has 0 bridgehead atoms. The fraction of sp³-hybridized carbons (Fsp3) is 0.200. The summed E-state index contributed by atoms with van der Waals surface area (Å²) in [6, 6.07) is 12.8. The number of rotatable bonds is 1. The van der Waals surface area contributed by atoms with Crippen molar-refractivity contribution in [3.8, 4) is 5.75 Å². The molecule has 1 aliphatic rings. The summed E-state index contributed by atoms with van der Waals surface area (Å²) < 4.78 is 18.9. The highest BCUT2D eigenvalue weighted by molar-refractivity contribution is 5.58. The van der Waals surface area contributed by atoms with Gasteiger partial charge in [-0.25, -0.2) is 4.39 Å². The van der Waals surface area contributed by atoms with Crippen LogP contribution in [0, 0.1) is 12.7 Å². The van der Waals surface area contributed by atoms with E-state index in [1.54, 1.807) is 6.07 Å². The first-order valence-corrected chi connectivity index (χ1v) is 5.99. The first-order chi connectivity index (χ1) is 8.72. The smallest absolute Gasteiger partial charge is 0.143 e. The lowest BCUT2D eigenvalue weighted by molar-refractivity contribution is 0.210. The van der Waals surface area contributed by atoms with Crippen molar-refractivity contribution >= 4 is 5.69 Å². The lowest BCUT2D eigenvalue weighted by atomic mass is 10.1. The number of nitrogens with one attached hydrogen (secondary N) is 1. The molecule has 1 aliphatic heterocycles. The summed E-state index contributed by atoms with van der Waals surface area (Å²) in [5.41, 5.74) is 3.08. The molecule has 92 valence electrons. The fourth-order valence-corrected chi connectivity index (χ4v) is 2.11. The van der Waals surface area contributed by atoms with Crippen LogP contribution < -0.4 is 10.1 Å². The zero-order valence-corrected chi connectivity index (χ0v) is 10.1. The van der Waals surface area contributed by atoms with Crippen LogP contribution >= 0.6 is 0 Å². The van der Waals surface area contributed by atoms with Gasteiger partial charge in [-0.05, 0) is 24.6 Å². The summed E-state index contributed by atoms with van der Waals surface area (Å²) in [5, 5.41) is 3.20. The first-order valence-electron chi connectivity index (χ1n) is 5.99. The molecular formula is C15H14FNO. The SMILES string of the molecule is Cc1ccc(C2CNc3cc(F)ccc3O2)cc1. The first kappa shape index (κ1) is 11.1. The van der Waals surface area contributed by atoms with Crippen LogP contribution in [0.5, 0.6) is 5.75 Å². The Morgan fingerprint density at radius 1 is 1.17 bits per heavy atom. The van der Waals surface area contributed by atoms with Crippen molar-refractivity contribution in [1.29, 1.82) is 0 Å². The molecule has 1 atom stereocenters. The lowest BCUT2D eigenvalue weighted by Crippen LogP contribution is -2.23. The van der Waals surface area contributed by atoms with Gasteiger partial charge in [0.1, 0.15) is 17.7 Å². The Morgan fingerprint density at radius 2 is 1.94 bits per heavy atom. The van der Waals surface area contributed by atoms with Crippen molar-refractivity contribution in [3.63, 3.8) is 0 Å². The van der Waals surface area contributed by atoms with E-state index in [4.69, 9.17) is 4.74 Å². The maximum atomic E-state index is 13.1. The largest absolute Gasteiger partial charge is 0.482 e. The Labute approximate surface area is 105 Å². The summed E-state index contributed by atoms with van der Waals surface area (Å²) in [6.07, 6.45) is -0.0245. The van der Waals surface area contributed by atoms with E-state index in [2.05, 4.69) is 36.5 Å². The maximum Gasteiger partial charge on any atom is 0.143 e. The summed E-state index contributed by atoms with van der Waals surface area (Å²) in [5.74, 6) is 0.451. The van der Waals surface area contributed by atoms with Gasteiger partial charge in [0.15, 0.2) is 0 Å². The molecule has 0 radical (unpaired) electrons. The van der Waals surface area contributed by atoms with Crippen molar-refractivity contribution in [2.45, 2.75) is 13.0 Å². The lowest BCUT2D eigenvalue weighted by Gasteiger charge is -2.27. The van der Waals surface area contributed by atoms with E-state index in [1.165, 1.54) is 17.7 Å². The number of ether oxygens (including phenoxy) is 1. The number of aryl methyl sites for hydroxylation is 1. The second kappa shape index (κ2) is 4.33. The normalized spacial score (nSPS) is 17.6. The molecule has 1 unspecified atom stereocenters. The van der Waals surface area contributed by atoms with Crippen molar-refractivity contribution < 1.29 is 9.13 Å². The summed E-state index contributed by atoms with van der Waals surface area (Å²) in [4.78, 5) is 0. The molecule has 1 N–H and O–H groups in total. The van der Waals surface area contributed by atoms with E-state index in [0.717, 1.165) is 11.3 Å². The van der Waals surface area contributed by atoms with Crippen molar-refractivity contribution in [2.24, 2.45) is 0 Å². The quantitative estimate of drug-likeness (QED) is 0.825.